The maximum Gasteiger partial charge on any atom is 0.258 e. The van der Waals surface area contributed by atoms with Crippen molar-refractivity contribution in [2.24, 2.45) is 0 Å². The van der Waals surface area contributed by atoms with Crippen LogP contribution in [-0.2, 0) is 0 Å². The fraction of sp³-hybridized carbons (Fsp3) is 0. The SMILES string of the molecule is Nc1ccc(F)c(NC(=O)c2ccoc2)c1. The summed E-state index contributed by atoms with van der Waals surface area (Å²) in [5.74, 6) is -0.982. The number of furan rings is 1. The Morgan fingerprint density at radius 1 is 1.38 bits per heavy atom. The van der Waals surface area contributed by atoms with E-state index < -0.39 is 11.7 Å². The van der Waals surface area contributed by atoms with E-state index in [2.05, 4.69) is 5.32 Å². The lowest BCUT2D eigenvalue weighted by Crippen LogP contribution is -2.12. The number of nitrogen functional groups attached to an aromatic ring is 1. The molecule has 0 saturated heterocycles. The number of rotatable bonds is 2. The van der Waals surface area contributed by atoms with Crippen LogP contribution in [0, 0.1) is 5.82 Å². The highest BCUT2D eigenvalue weighted by Gasteiger charge is 2.10. The molecule has 0 fully saturated rings. The van der Waals surface area contributed by atoms with Crippen LogP contribution < -0.4 is 11.1 Å². The Kier molecular flexibility index (Phi) is 2.59. The quantitative estimate of drug-likeness (QED) is 0.762. The van der Waals surface area contributed by atoms with E-state index in [1.54, 1.807) is 0 Å². The molecule has 2 aromatic rings. The van der Waals surface area contributed by atoms with Gasteiger partial charge in [0, 0.05) is 5.69 Å². The molecule has 82 valence electrons. The van der Waals surface area contributed by atoms with Crippen molar-refractivity contribution in [2.45, 2.75) is 0 Å². The first-order valence-corrected chi connectivity index (χ1v) is 4.55. The highest BCUT2D eigenvalue weighted by Crippen LogP contribution is 2.18. The summed E-state index contributed by atoms with van der Waals surface area (Å²) < 4.78 is 18.0. The molecule has 16 heavy (non-hydrogen) atoms. The summed E-state index contributed by atoms with van der Waals surface area (Å²) in [5.41, 5.74) is 6.23. The Bertz CT molecular complexity index is 509. The van der Waals surface area contributed by atoms with Crippen molar-refractivity contribution in [3.05, 3.63) is 48.2 Å². The van der Waals surface area contributed by atoms with Gasteiger partial charge in [-0.15, -0.1) is 0 Å². The molecule has 0 atom stereocenters. The van der Waals surface area contributed by atoms with E-state index in [1.165, 1.54) is 36.8 Å². The number of halogens is 1. The van der Waals surface area contributed by atoms with E-state index in [0.29, 0.717) is 11.3 Å². The molecule has 0 radical (unpaired) electrons. The second kappa shape index (κ2) is 4.06. The highest BCUT2D eigenvalue weighted by atomic mass is 19.1. The Morgan fingerprint density at radius 3 is 2.88 bits per heavy atom. The number of benzene rings is 1. The van der Waals surface area contributed by atoms with Gasteiger partial charge in [0.15, 0.2) is 0 Å². The standard InChI is InChI=1S/C11H9FN2O2/c12-9-2-1-8(13)5-10(9)14-11(15)7-3-4-16-6-7/h1-6H,13H2,(H,14,15). The lowest BCUT2D eigenvalue weighted by molar-refractivity contribution is 0.102. The van der Waals surface area contributed by atoms with Crippen molar-refractivity contribution in [1.29, 1.82) is 0 Å². The maximum absolute atomic E-state index is 13.3. The average Bonchev–Trinajstić information content (AvgIpc) is 2.76. The van der Waals surface area contributed by atoms with Crippen LogP contribution in [-0.4, -0.2) is 5.91 Å². The third-order valence-corrected chi connectivity index (χ3v) is 2.02. The monoisotopic (exact) mass is 220 g/mol. The van der Waals surface area contributed by atoms with E-state index in [0.717, 1.165) is 0 Å². The molecular weight excluding hydrogens is 211 g/mol. The van der Waals surface area contributed by atoms with Crippen LogP contribution in [0.15, 0.2) is 41.2 Å². The number of hydrogen-bond donors (Lipinski definition) is 2. The van der Waals surface area contributed by atoms with Crippen LogP contribution in [0.4, 0.5) is 15.8 Å². The highest BCUT2D eigenvalue weighted by molar-refractivity contribution is 6.04. The minimum absolute atomic E-state index is 0.0474. The molecule has 0 unspecified atom stereocenters. The van der Waals surface area contributed by atoms with Crippen molar-refractivity contribution >= 4 is 17.3 Å². The molecule has 0 saturated carbocycles. The summed E-state index contributed by atoms with van der Waals surface area (Å²) in [6, 6.07) is 5.45. The molecule has 4 nitrogen and oxygen atoms in total. The van der Waals surface area contributed by atoms with Crippen molar-refractivity contribution in [1.82, 2.24) is 0 Å². The minimum atomic E-state index is -0.536. The van der Waals surface area contributed by atoms with Gasteiger partial charge in [-0.25, -0.2) is 4.39 Å². The summed E-state index contributed by atoms with van der Waals surface area (Å²) in [6.07, 6.45) is 2.64. The molecule has 1 amide bonds. The van der Waals surface area contributed by atoms with Crippen LogP contribution in [0.3, 0.4) is 0 Å². The predicted octanol–water partition coefficient (Wildman–Crippen LogP) is 2.25. The van der Waals surface area contributed by atoms with Gasteiger partial charge in [0.05, 0.1) is 17.5 Å². The number of amides is 1. The molecule has 2 rings (SSSR count). The van der Waals surface area contributed by atoms with Gasteiger partial charge < -0.3 is 15.5 Å². The van der Waals surface area contributed by atoms with Gasteiger partial charge in [-0.2, -0.15) is 0 Å². The zero-order valence-electron chi connectivity index (χ0n) is 8.24. The van der Waals surface area contributed by atoms with Crippen LogP contribution >= 0.6 is 0 Å². The van der Waals surface area contributed by atoms with Gasteiger partial charge in [-0.1, -0.05) is 0 Å². The van der Waals surface area contributed by atoms with Gasteiger partial charge in [0.25, 0.3) is 5.91 Å². The molecule has 5 heteroatoms. The molecule has 0 aliphatic rings. The molecule has 0 spiro atoms. The number of carbonyl (C=O) groups excluding carboxylic acids is 1. The van der Waals surface area contributed by atoms with Crippen LogP contribution in [0.1, 0.15) is 10.4 Å². The summed E-state index contributed by atoms with van der Waals surface area (Å²) in [6.45, 7) is 0. The fourth-order valence-corrected chi connectivity index (χ4v) is 1.23. The third kappa shape index (κ3) is 2.03. The predicted molar refractivity (Wildman–Crippen MR) is 57.5 cm³/mol. The Morgan fingerprint density at radius 2 is 2.19 bits per heavy atom. The molecule has 1 aromatic heterocycles. The van der Waals surface area contributed by atoms with E-state index in [4.69, 9.17) is 10.2 Å². The largest absolute Gasteiger partial charge is 0.472 e. The van der Waals surface area contributed by atoms with Gasteiger partial charge in [0.2, 0.25) is 0 Å². The van der Waals surface area contributed by atoms with Gasteiger partial charge in [-0.3, -0.25) is 4.79 Å². The zero-order chi connectivity index (χ0) is 11.5. The molecule has 0 aliphatic heterocycles. The van der Waals surface area contributed by atoms with E-state index in [9.17, 15) is 9.18 Å². The third-order valence-electron chi connectivity index (χ3n) is 2.02. The van der Waals surface area contributed by atoms with Crippen LogP contribution in [0.2, 0.25) is 0 Å². The van der Waals surface area contributed by atoms with Crippen LogP contribution in [0.5, 0.6) is 0 Å². The second-order valence-electron chi connectivity index (χ2n) is 3.21. The molecule has 0 bridgehead atoms. The van der Waals surface area contributed by atoms with Crippen molar-refractivity contribution in [3.8, 4) is 0 Å². The van der Waals surface area contributed by atoms with Gasteiger partial charge in [0.1, 0.15) is 12.1 Å². The van der Waals surface area contributed by atoms with E-state index >= 15 is 0 Å². The summed E-state index contributed by atoms with van der Waals surface area (Å²) in [7, 11) is 0. The summed E-state index contributed by atoms with van der Waals surface area (Å²) in [4.78, 5) is 11.6. The number of nitrogens with two attached hydrogens (primary N) is 1. The van der Waals surface area contributed by atoms with E-state index in [-0.39, 0.29) is 5.69 Å². The maximum atomic E-state index is 13.3. The summed E-state index contributed by atoms with van der Waals surface area (Å²) in [5, 5.41) is 2.40. The lowest BCUT2D eigenvalue weighted by atomic mass is 10.2. The molecule has 3 N–H and O–H groups in total. The first-order valence-electron chi connectivity index (χ1n) is 4.55. The van der Waals surface area contributed by atoms with Crippen molar-refractivity contribution < 1.29 is 13.6 Å². The average molecular weight is 220 g/mol. The van der Waals surface area contributed by atoms with Gasteiger partial charge in [-0.05, 0) is 24.3 Å². The summed E-state index contributed by atoms with van der Waals surface area (Å²) >= 11 is 0. The van der Waals surface area contributed by atoms with Crippen molar-refractivity contribution in [3.63, 3.8) is 0 Å². The second-order valence-corrected chi connectivity index (χ2v) is 3.21. The normalized spacial score (nSPS) is 10.1. The number of carbonyl (C=O) groups is 1. The fourth-order valence-electron chi connectivity index (χ4n) is 1.23. The molecule has 1 aromatic carbocycles. The Hall–Kier alpha value is -2.30. The first-order chi connectivity index (χ1) is 7.66. The minimum Gasteiger partial charge on any atom is -0.472 e. The Balaban J connectivity index is 2.21. The van der Waals surface area contributed by atoms with Crippen LogP contribution in [0.25, 0.3) is 0 Å². The first kappa shape index (κ1) is 10.2. The van der Waals surface area contributed by atoms with Crippen molar-refractivity contribution in [2.75, 3.05) is 11.1 Å². The molecular formula is C11H9FN2O2. The van der Waals surface area contributed by atoms with E-state index in [1.807, 2.05) is 0 Å². The number of hydrogen-bond acceptors (Lipinski definition) is 3. The smallest absolute Gasteiger partial charge is 0.258 e. The van der Waals surface area contributed by atoms with Gasteiger partial charge >= 0.3 is 0 Å². The Labute approximate surface area is 90.9 Å². The molecule has 1 heterocycles. The number of nitrogens with one attached hydrogen (secondary N) is 1. The number of anilines is 2. The lowest BCUT2D eigenvalue weighted by Gasteiger charge is -2.05. The topological polar surface area (TPSA) is 68.3 Å². The molecule has 0 aliphatic carbocycles. The zero-order valence-corrected chi connectivity index (χ0v) is 8.24.